The highest BCUT2D eigenvalue weighted by molar-refractivity contribution is 7.98. The topological polar surface area (TPSA) is 87.3 Å². The van der Waals surface area contributed by atoms with Crippen LogP contribution >= 0.6 is 11.8 Å². The Morgan fingerprint density at radius 2 is 1.91 bits per heavy atom. The van der Waals surface area contributed by atoms with Crippen molar-refractivity contribution in [1.29, 1.82) is 0 Å². The first-order chi connectivity index (χ1) is 11.0. The quantitative estimate of drug-likeness (QED) is 0.509. The van der Waals surface area contributed by atoms with E-state index in [0.717, 1.165) is 6.54 Å². The number of amides is 1. The number of nitrogens with one attached hydrogen (secondary N) is 3. The lowest BCUT2D eigenvalue weighted by atomic mass is 10.2. The van der Waals surface area contributed by atoms with Crippen molar-refractivity contribution in [3.05, 3.63) is 30.3 Å². The van der Waals surface area contributed by atoms with Crippen molar-refractivity contribution in [3.63, 3.8) is 0 Å². The molecule has 1 atom stereocenters. The summed E-state index contributed by atoms with van der Waals surface area (Å²) in [5.74, 6) is 0.402. The molecule has 130 valence electrons. The Labute approximate surface area is 142 Å². The van der Waals surface area contributed by atoms with Crippen LogP contribution in [0.2, 0.25) is 0 Å². The van der Waals surface area contributed by atoms with Crippen LogP contribution in [-0.4, -0.2) is 52.0 Å². The van der Waals surface area contributed by atoms with Crippen molar-refractivity contribution in [2.24, 2.45) is 0 Å². The number of sulfonamides is 1. The average molecular weight is 360 g/mol. The van der Waals surface area contributed by atoms with Gasteiger partial charge in [-0.2, -0.15) is 16.5 Å². The average Bonchev–Trinajstić information content (AvgIpc) is 2.56. The highest BCUT2D eigenvalue weighted by Gasteiger charge is 2.24. The van der Waals surface area contributed by atoms with E-state index >= 15 is 0 Å². The fourth-order valence-corrected chi connectivity index (χ4v) is 3.63. The van der Waals surface area contributed by atoms with Crippen LogP contribution in [0.1, 0.15) is 13.3 Å². The minimum absolute atomic E-state index is 0.162. The van der Waals surface area contributed by atoms with E-state index in [0.29, 0.717) is 25.3 Å². The number of likely N-dealkylation sites (N-methyl/N-ethyl adjacent to an activating group) is 1. The summed E-state index contributed by atoms with van der Waals surface area (Å²) in [5, 5.41) is 5.87. The van der Waals surface area contributed by atoms with Crippen LogP contribution in [-0.2, 0) is 14.8 Å². The van der Waals surface area contributed by atoms with Gasteiger partial charge in [0.05, 0.1) is 4.90 Å². The third-order valence-electron chi connectivity index (χ3n) is 3.13. The van der Waals surface area contributed by atoms with Gasteiger partial charge in [-0.1, -0.05) is 25.1 Å². The second kappa shape index (κ2) is 10.6. The third-order valence-corrected chi connectivity index (χ3v) is 5.26. The Kier molecular flexibility index (Phi) is 9.23. The predicted octanol–water partition coefficient (Wildman–Crippen LogP) is 0.812. The van der Waals surface area contributed by atoms with Gasteiger partial charge < -0.3 is 10.6 Å². The van der Waals surface area contributed by atoms with Gasteiger partial charge in [-0.25, -0.2) is 8.42 Å². The summed E-state index contributed by atoms with van der Waals surface area (Å²) in [4.78, 5) is 12.4. The molecule has 0 aliphatic heterocycles. The Morgan fingerprint density at radius 3 is 2.52 bits per heavy atom. The molecule has 6 nitrogen and oxygen atoms in total. The Morgan fingerprint density at radius 1 is 1.22 bits per heavy atom. The monoisotopic (exact) mass is 359 g/mol. The Bertz CT molecular complexity index is 565. The third kappa shape index (κ3) is 7.34. The van der Waals surface area contributed by atoms with Gasteiger partial charge in [0.2, 0.25) is 15.9 Å². The number of hydrogen-bond donors (Lipinski definition) is 3. The molecule has 1 amide bonds. The Balaban J connectivity index is 2.71. The Hall–Kier alpha value is -1.09. The molecule has 0 saturated heterocycles. The van der Waals surface area contributed by atoms with Crippen molar-refractivity contribution in [2.45, 2.75) is 24.3 Å². The molecule has 0 fully saturated rings. The number of thioether (sulfide) groups is 1. The summed E-state index contributed by atoms with van der Waals surface area (Å²) in [6.07, 6.45) is 2.37. The zero-order chi connectivity index (χ0) is 17.1. The smallest absolute Gasteiger partial charge is 0.241 e. The minimum atomic E-state index is -3.71. The van der Waals surface area contributed by atoms with Crippen molar-refractivity contribution in [1.82, 2.24) is 15.4 Å². The van der Waals surface area contributed by atoms with E-state index in [2.05, 4.69) is 15.4 Å². The lowest BCUT2D eigenvalue weighted by molar-refractivity contribution is -0.122. The molecule has 1 rings (SSSR count). The van der Waals surface area contributed by atoms with Crippen LogP contribution in [0, 0.1) is 0 Å². The number of rotatable bonds is 11. The first kappa shape index (κ1) is 20.0. The molecular formula is C15H25N3O3S2. The van der Waals surface area contributed by atoms with Crippen LogP contribution < -0.4 is 15.4 Å². The van der Waals surface area contributed by atoms with Gasteiger partial charge in [0.15, 0.2) is 0 Å². The van der Waals surface area contributed by atoms with Crippen LogP contribution in [0.15, 0.2) is 35.2 Å². The molecule has 0 saturated carbocycles. The molecule has 1 aromatic rings. The highest BCUT2D eigenvalue weighted by atomic mass is 32.2. The molecule has 0 heterocycles. The fraction of sp³-hybridized carbons (Fsp3) is 0.533. The number of carbonyl (C=O) groups is 1. The largest absolute Gasteiger partial charge is 0.353 e. The summed E-state index contributed by atoms with van der Waals surface area (Å²) in [7, 11) is -3.71. The predicted molar refractivity (Wildman–Crippen MR) is 95.1 cm³/mol. The number of carbonyl (C=O) groups excluding carboxylic acids is 1. The number of hydrogen-bond acceptors (Lipinski definition) is 5. The zero-order valence-corrected chi connectivity index (χ0v) is 15.2. The molecule has 0 spiro atoms. The van der Waals surface area contributed by atoms with Crippen LogP contribution in [0.5, 0.6) is 0 Å². The van der Waals surface area contributed by atoms with Crippen LogP contribution in [0.25, 0.3) is 0 Å². The normalized spacial score (nSPS) is 12.8. The molecule has 0 aliphatic rings. The maximum Gasteiger partial charge on any atom is 0.241 e. The van der Waals surface area contributed by atoms with Gasteiger partial charge in [0, 0.05) is 13.1 Å². The van der Waals surface area contributed by atoms with E-state index in [1.807, 2.05) is 13.2 Å². The van der Waals surface area contributed by atoms with E-state index < -0.39 is 16.1 Å². The molecule has 0 radical (unpaired) electrons. The molecule has 23 heavy (non-hydrogen) atoms. The van der Waals surface area contributed by atoms with Gasteiger partial charge >= 0.3 is 0 Å². The zero-order valence-electron chi connectivity index (χ0n) is 13.5. The van der Waals surface area contributed by atoms with Gasteiger partial charge in [-0.15, -0.1) is 0 Å². The van der Waals surface area contributed by atoms with Crippen molar-refractivity contribution in [2.75, 3.05) is 31.6 Å². The SMILES string of the molecule is CCNCCNC(=O)C(CCSC)NS(=O)(=O)c1ccccc1. The summed E-state index contributed by atoms with van der Waals surface area (Å²) < 4.78 is 27.3. The molecule has 3 N–H and O–H groups in total. The summed E-state index contributed by atoms with van der Waals surface area (Å²) >= 11 is 1.57. The molecule has 8 heteroatoms. The van der Waals surface area contributed by atoms with E-state index in [4.69, 9.17) is 0 Å². The minimum Gasteiger partial charge on any atom is -0.353 e. The van der Waals surface area contributed by atoms with Gasteiger partial charge in [0.1, 0.15) is 6.04 Å². The fourth-order valence-electron chi connectivity index (χ4n) is 1.91. The summed E-state index contributed by atoms with van der Waals surface area (Å²) in [6.45, 7) is 3.93. The molecular weight excluding hydrogens is 334 g/mol. The molecule has 0 bridgehead atoms. The maximum atomic E-state index is 12.4. The number of benzene rings is 1. The highest BCUT2D eigenvalue weighted by Crippen LogP contribution is 2.10. The maximum absolute atomic E-state index is 12.4. The van der Waals surface area contributed by atoms with Crippen LogP contribution in [0.4, 0.5) is 0 Å². The van der Waals surface area contributed by atoms with Crippen molar-refractivity contribution in [3.8, 4) is 0 Å². The molecule has 0 aliphatic carbocycles. The first-order valence-electron chi connectivity index (χ1n) is 7.56. The molecule has 1 aromatic carbocycles. The first-order valence-corrected chi connectivity index (χ1v) is 10.4. The second-order valence-corrected chi connectivity index (χ2v) is 7.61. The van der Waals surface area contributed by atoms with Gasteiger partial charge in [-0.05, 0) is 37.1 Å². The second-order valence-electron chi connectivity index (χ2n) is 4.91. The summed E-state index contributed by atoms with van der Waals surface area (Å²) in [5.41, 5.74) is 0. The lowest BCUT2D eigenvalue weighted by Gasteiger charge is -2.18. The van der Waals surface area contributed by atoms with Crippen molar-refractivity contribution >= 4 is 27.7 Å². The van der Waals surface area contributed by atoms with E-state index in [9.17, 15) is 13.2 Å². The van der Waals surface area contributed by atoms with E-state index in [1.165, 1.54) is 12.1 Å². The molecule has 0 aromatic heterocycles. The lowest BCUT2D eigenvalue weighted by Crippen LogP contribution is -2.48. The van der Waals surface area contributed by atoms with Gasteiger partial charge in [0.25, 0.3) is 0 Å². The molecule has 1 unspecified atom stereocenters. The van der Waals surface area contributed by atoms with Crippen LogP contribution in [0.3, 0.4) is 0 Å². The standard InChI is InChI=1S/C15H25N3O3S2/c1-3-16-10-11-17-15(19)14(9-12-22-2)18-23(20,21)13-7-5-4-6-8-13/h4-8,14,16,18H,3,9-12H2,1-2H3,(H,17,19). The van der Waals surface area contributed by atoms with E-state index in [-0.39, 0.29) is 10.8 Å². The summed E-state index contributed by atoms with van der Waals surface area (Å²) in [6, 6.07) is 7.31. The van der Waals surface area contributed by atoms with Gasteiger partial charge in [-0.3, -0.25) is 4.79 Å². The van der Waals surface area contributed by atoms with Crippen molar-refractivity contribution < 1.29 is 13.2 Å². The van der Waals surface area contributed by atoms with E-state index in [1.54, 1.807) is 30.0 Å².